The fourth-order valence-electron chi connectivity index (χ4n) is 5.81. The van der Waals surface area contributed by atoms with Gasteiger partial charge in [-0.05, 0) is 72.2 Å². The number of aliphatic hydroxyl groups is 2. The number of nitrogens with two attached hydrogens (primary N) is 1. The molecule has 0 unspecified atom stereocenters. The molecule has 11 nitrogen and oxygen atoms in total. The van der Waals surface area contributed by atoms with Gasteiger partial charge in [0.25, 0.3) is 27.8 Å². The predicted octanol–water partition coefficient (Wildman–Crippen LogP) is 10.6. The Bertz CT molecular complexity index is 2290. The molecule has 0 fully saturated rings. The number of nitro groups is 2. The van der Waals surface area contributed by atoms with Crippen molar-refractivity contribution in [3.63, 3.8) is 0 Å². The maximum atomic E-state index is 13.2. The van der Waals surface area contributed by atoms with Crippen molar-refractivity contribution in [3.05, 3.63) is 143 Å². The number of nitro benzene ring substituents is 2. The molecule has 0 aromatic heterocycles. The number of non-ortho nitro benzene ring substituents is 2. The molecule has 4 aromatic carbocycles. The zero-order valence-corrected chi connectivity index (χ0v) is 33.5. The number of alkyl halides is 12. The number of carbonyl (C=O) groups excluding carboxylic acids is 2. The fourth-order valence-corrected chi connectivity index (χ4v) is 5.93. The Hall–Kier alpha value is -5.81. The van der Waals surface area contributed by atoms with Crippen LogP contribution in [0.1, 0.15) is 73.5 Å². The summed E-state index contributed by atoms with van der Waals surface area (Å²) in [5.74, 6) is -0.601. The van der Waals surface area contributed by atoms with Gasteiger partial charge < -0.3 is 15.9 Å². The first-order valence-electron chi connectivity index (χ1n) is 17.6. The van der Waals surface area contributed by atoms with E-state index in [-0.39, 0.29) is 68.8 Å². The highest BCUT2D eigenvalue weighted by molar-refractivity contribution is 6.67. The van der Waals surface area contributed by atoms with Crippen LogP contribution in [0, 0.1) is 34.1 Å². The fraction of sp³-hybridized carbons (Fsp3) is 0.333. The van der Waals surface area contributed by atoms with Crippen LogP contribution < -0.4 is 5.73 Å². The molecule has 4 rings (SSSR count). The molecular formula is C39H34ClF12N3O8. The Morgan fingerprint density at radius 3 is 1.35 bits per heavy atom. The van der Waals surface area contributed by atoms with Crippen LogP contribution in [0.4, 0.5) is 69.7 Å². The minimum absolute atomic E-state index is 0.0145. The van der Waals surface area contributed by atoms with Gasteiger partial charge in [0.2, 0.25) is 0 Å². The van der Waals surface area contributed by atoms with Crippen molar-refractivity contribution in [2.75, 3.05) is 5.73 Å². The van der Waals surface area contributed by atoms with Gasteiger partial charge in [-0.2, -0.15) is 52.7 Å². The van der Waals surface area contributed by atoms with Crippen LogP contribution in [0.2, 0.25) is 0 Å². The summed E-state index contributed by atoms with van der Waals surface area (Å²) in [4.78, 5) is 43.0. The molecule has 0 bridgehead atoms. The topological polar surface area (TPSA) is 187 Å². The number of benzene rings is 4. The van der Waals surface area contributed by atoms with Gasteiger partial charge >= 0.3 is 24.7 Å². The number of aryl methyl sites for hydroxylation is 4. The molecule has 4 N–H and O–H groups in total. The van der Waals surface area contributed by atoms with Crippen LogP contribution >= 0.6 is 11.6 Å². The zero-order valence-electron chi connectivity index (χ0n) is 32.8. The Balaban J connectivity index is 0.000000363. The molecule has 0 radical (unpaired) electrons. The normalized spacial score (nSPS) is 12.4. The number of rotatable bonds is 10. The van der Waals surface area contributed by atoms with Gasteiger partial charge in [0.1, 0.15) is 0 Å². The van der Waals surface area contributed by atoms with Crippen molar-refractivity contribution in [1.29, 1.82) is 0 Å². The summed E-state index contributed by atoms with van der Waals surface area (Å²) in [5, 5.41) is 39.4. The van der Waals surface area contributed by atoms with Crippen molar-refractivity contribution < 1.29 is 82.3 Å². The van der Waals surface area contributed by atoms with E-state index in [9.17, 15) is 92.7 Å². The summed E-state index contributed by atoms with van der Waals surface area (Å²) in [7, 11) is 0. The average Bonchev–Trinajstić information content (AvgIpc) is 3.17. The molecule has 0 aliphatic heterocycles. The van der Waals surface area contributed by atoms with Crippen molar-refractivity contribution >= 4 is 39.7 Å². The number of halogens is 13. The summed E-state index contributed by atoms with van der Waals surface area (Å²) in [6.45, 7) is 5.52. The molecule has 0 aliphatic rings. The van der Waals surface area contributed by atoms with E-state index in [0.717, 1.165) is 12.1 Å². The third kappa shape index (κ3) is 11.8. The lowest BCUT2D eigenvalue weighted by Crippen LogP contribution is -2.54. The van der Waals surface area contributed by atoms with Crippen molar-refractivity contribution in [2.24, 2.45) is 0 Å². The molecule has 63 heavy (non-hydrogen) atoms. The van der Waals surface area contributed by atoms with E-state index in [1.54, 1.807) is 0 Å². The van der Waals surface area contributed by atoms with Crippen LogP contribution in [-0.4, -0.2) is 55.8 Å². The number of carbonyl (C=O) groups is 2. The average molecular weight is 936 g/mol. The highest BCUT2D eigenvalue weighted by Crippen LogP contribution is 2.52. The van der Waals surface area contributed by atoms with Crippen LogP contribution in [0.15, 0.2) is 72.8 Å². The minimum atomic E-state index is -6.02. The quantitative estimate of drug-likeness (QED) is 0.0347. The molecule has 24 heteroatoms. The monoisotopic (exact) mass is 935 g/mol. The van der Waals surface area contributed by atoms with Crippen LogP contribution in [-0.2, 0) is 30.5 Å². The Kier molecular flexibility index (Phi) is 16.7. The maximum absolute atomic E-state index is 13.2. The van der Waals surface area contributed by atoms with Crippen molar-refractivity contribution in [3.8, 4) is 0 Å². The van der Waals surface area contributed by atoms with Gasteiger partial charge in [-0.1, -0.05) is 56.3 Å². The largest absolute Gasteiger partial charge is 0.430 e. The summed E-state index contributed by atoms with van der Waals surface area (Å²) in [5.41, 5.74) is -7.02. The highest BCUT2D eigenvalue weighted by Gasteiger charge is 2.72. The summed E-state index contributed by atoms with van der Waals surface area (Å²) < 4.78 is 156. The lowest BCUT2D eigenvalue weighted by molar-refractivity contribution is -0.385. The molecule has 0 saturated carbocycles. The van der Waals surface area contributed by atoms with Gasteiger partial charge in [0.15, 0.2) is 5.78 Å². The van der Waals surface area contributed by atoms with Gasteiger partial charge in [0, 0.05) is 58.6 Å². The predicted molar refractivity (Wildman–Crippen MR) is 202 cm³/mol. The third-order valence-corrected chi connectivity index (χ3v) is 9.49. The van der Waals surface area contributed by atoms with Gasteiger partial charge in [-0.25, -0.2) is 0 Å². The number of Topliss-reactive ketones (excluding diaryl/α,β-unsaturated/α-hetero) is 1. The number of nitrogens with zero attached hydrogens (tertiary/aromatic N) is 2. The molecule has 344 valence electrons. The first kappa shape index (κ1) is 53.3. The number of hydrogen-bond acceptors (Lipinski definition) is 9. The highest BCUT2D eigenvalue weighted by atomic mass is 35.5. The second-order valence-corrected chi connectivity index (χ2v) is 13.7. The van der Waals surface area contributed by atoms with Gasteiger partial charge in [-0.15, -0.1) is 0 Å². The van der Waals surface area contributed by atoms with E-state index in [1.165, 1.54) is 64.1 Å². The molecule has 0 aliphatic carbocycles. The zero-order chi connectivity index (χ0) is 48.8. The second kappa shape index (κ2) is 19.7. The summed E-state index contributed by atoms with van der Waals surface area (Å²) in [6, 6.07) is 12.5. The molecule has 0 saturated heterocycles. The number of anilines is 1. The lowest BCUT2D eigenvalue weighted by Gasteiger charge is -2.33. The standard InChI is InChI=1S/C20H17F6NO4.C12H13F6NO.C7H4ClNO3/c1-3-12-8-14(18(29,19(21,22)23)20(24,25)26)7-11(2)16(12)10-17(28)13-5-4-6-15(9-13)27(30)31;1-3-7-5-8(4-6(2)9(7)19)10(20,11(13,14)15)12(16,17)18;8-7(10)5-2-1-3-6(4-5)9(11)12/h4-9,29H,3,10H2,1-2H3;4-5,20H,3,19H2,1-2H3;1-4H. The maximum Gasteiger partial charge on any atom is 0.430 e. The number of nitrogen functional groups attached to an aromatic ring is 1. The van der Waals surface area contributed by atoms with Crippen LogP contribution in [0.3, 0.4) is 0 Å². The van der Waals surface area contributed by atoms with E-state index in [1.807, 2.05) is 0 Å². The number of hydrogen-bond donors (Lipinski definition) is 3. The Morgan fingerprint density at radius 1 is 0.619 bits per heavy atom. The molecule has 0 amide bonds. The van der Waals surface area contributed by atoms with Crippen molar-refractivity contribution in [1.82, 2.24) is 0 Å². The minimum Gasteiger partial charge on any atom is -0.398 e. The van der Waals surface area contributed by atoms with Gasteiger partial charge in [-0.3, -0.25) is 29.8 Å². The van der Waals surface area contributed by atoms with Gasteiger partial charge in [0.05, 0.1) is 9.85 Å². The molecule has 4 aromatic rings. The van der Waals surface area contributed by atoms with E-state index in [4.69, 9.17) is 17.3 Å². The Labute approximate surface area is 353 Å². The van der Waals surface area contributed by atoms with Crippen molar-refractivity contribution in [2.45, 2.75) is 82.9 Å². The van der Waals surface area contributed by atoms with E-state index >= 15 is 0 Å². The summed E-state index contributed by atoms with van der Waals surface area (Å²) in [6.07, 6.45) is -24.1. The third-order valence-electron chi connectivity index (χ3n) is 9.28. The van der Waals surface area contributed by atoms with E-state index in [2.05, 4.69) is 0 Å². The lowest BCUT2D eigenvalue weighted by atomic mass is 9.85. The first-order valence-corrected chi connectivity index (χ1v) is 17.9. The van der Waals surface area contributed by atoms with E-state index < -0.39 is 74.3 Å². The van der Waals surface area contributed by atoms with Crippen LogP contribution in [0.5, 0.6) is 0 Å². The molecule has 0 atom stereocenters. The van der Waals surface area contributed by atoms with E-state index in [0.29, 0.717) is 24.3 Å². The smallest absolute Gasteiger partial charge is 0.398 e. The molecular weight excluding hydrogens is 902 g/mol. The summed E-state index contributed by atoms with van der Waals surface area (Å²) >= 11 is 5.12. The number of ketones is 1. The Morgan fingerprint density at radius 2 is 0.984 bits per heavy atom. The molecule has 0 heterocycles. The first-order chi connectivity index (χ1) is 28.6. The SMILES string of the molecule is CCc1cc(C(O)(C(F)(F)F)C(F)(F)F)cc(C)c1CC(=O)c1cccc([N+](=O)[O-])c1.CCc1cc(C(O)(C(F)(F)F)C(F)(F)F)cc(C)c1N.O=C(Cl)c1cccc([N+](=O)[O-])c1. The molecule has 0 spiro atoms. The second-order valence-electron chi connectivity index (χ2n) is 13.4. The van der Waals surface area contributed by atoms with Crippen LogP contribution in [0.25, 0.3) is 0 Å².